The molecule has 0 fully saturated rings. The van der Waals surface area contributed by atoms with Crippen LogP contribution in [0.3, 0.4) is 0 Å². The van der Waals surface area contributed by atoms with E-state index in [0.717, 1.165) is 6.42 Å². The van der Waals surface area contributed by atoms with E-state index in [2.05, 4.69) is 83.2 Å². The lowest BCUT2D eigenvalue weighted by Gasteiger charge is -2.11. The fourth-order valence-corrected chi connectivity index (χ4v) is 4.09. The molecule has 0 spiro atoms. The van der Waals surface area contributed by atoms with E-state index < -0.39 is 0 Å². The number of aromatic nitrogens is 2. The Hall–Kier alpha value is -3.26. The monoisotopic (exact) mass is 349 g/mol. The number of fused-ring (bicyclic) bond motifs is 3. The minimum absolute atomic E-state index is 1.04. The molecule has 0 saturated carbocycles. The molecule has 0 unspecified atom stereocenters. The lowest BCUT2D eigenvalue weighted by Crippen LogP contribution is -2.31. The summed E-state index contributed by atoms with van der Waals surface area (Å²) in [5.41, 5.74) is 11.8. The van der Waals surface area contributed by atoms with Crippen molar-refractivity contribution in [1.82, 2.24) is 4.98 Å². The molecule has 1 aliphatic rings. The lowest BCUT2D eigenvalue weighted by molar-refractivity contribution is -0.663. The van der Waals surface area contributed by atoms with Gasteiger partial charge in [-0.15, -0.1) is 0 Å². The second-order valence-corrected chi connectivity index (χ2v) is 7.31. The number of hydrogen-bond donors (Lipinski definition) is 0. The van der Waals surface area contributed by atoms with Crippen LogP contribution in [0.5, 0.6) is 0 Å². The predicted molar refractivity (Wildman–Crippen MR) is 109 cm³/mol. The summed E-state index contributed by atoms with van der Waals surface area (Å²) >= 11 is 0. The summed E-state index contributed by atoms with van der Waals surface area (Å²) in [6, 6.07) is 24.4. The van der Waals surface area contributed by atoms with Crippen molar-refractivity contribution < 1.29 is 4.57 Å². The summed E-state index contributed by atoms with van der Waals surface area (Å²) in [5.74, 6) is 0. The van der Waals surface area contributed by atoms with Crippen molar-refractivity contribution in [2.45, 2.75) is 13.3 Å². The molecule has 2 heteroatoms. The van der Waals surface area contributed by atoms with Gasteiger partial charge in [-0.05, 0) is 64.4 Å². The second-order valence-electron chi connectivity index (χ2n) is 7.31. The Kier molecular flexibility index (Phi) is 3.64. The average molecular weight is 349 g/mol. The van der Waals surface area contributed by atoms with Gasteiger partial charge in [0.1, 0.15) is 11.9 Å². The normalized spacial score (nSPS) is 11.9. The molecule has 4 aromatic rings. The standard InChI is InChI=1S/C25H21N2/c1-17-7-8-18(14-23(17)25-11-12-26-16-27(25)2)19-9-10-21-13-20-5-3-4-6-22(20)24(21)15-19/h3-12,14-16H,13H2,1-2H3/q+1. The molecule has 0 saturated heterocycles. The first-order valence-corrected chi connectivity index (χ1v) is 9.33. The Morgan fingerprint density at radius 2 is 1.52 bits per heavy atom. The predicted octanol–water partition coefficient (Wildman–Crippen LogP) is 5.12. The van der Waals surface area contributed by atoms with Gasteiger partial charge < -0.3 is 0 Å². The Morgan fingerprint density at radius 1 is 0.778 bits per heavy atom. The maximum atomic E-state index is 4.20. The van der Waals surface area contributed by atoms with E-state index in [1.807, 2.05) is 19.6 Å². The van der Waals surface area contributed by atoms with Gasteiger partial charge in [0.2, 0.25) is 0 Å². The van der Waals surface area contributed by atoms with Gasteiger partial charge in [0, 0.05) is 11.6 Å². The van der Waals surface area contributed by atoms with Crippen LogP contribution in [0.2, 0.25) is 0 Å². The Balaban J connectivity index is 1.63. The molecule has 1 aliphatic carbocycles. The van der Waals surface area contributed by atoms with Gasteiger partial charge in [0.25, 0.3) is 6.33 Å². The smallest absolute Gasteiger partial charge is 0.233 e. The fraction of sp³-hybridized carbons (Fsp3) is 0.120. The van der Waals surface area contributed by atoms with Gasteiger partial charge in [-0.1, -0.05) is 53.5 Å². The maximum Gasteiger partial charge on any atom is 0.286 e. The van der Waals surface area contributed by atoms with Gasteiger partial charge in [-0.25, -0.2) is 4.57 Å². The summed E-state index contributed by atoms with van der Waals surface area (Å²) in [7, 11) is 2.04. The second kappa shape index (κ2) is 6.17. The number of aryl methyl sites for hydroxylation is 2. The van der Waals surface area contributed by atoms with Crippen molar-refractivity contribution in [2.75, 3.05) is 0 Å². The summed E-state index contributed by atoms with van der Waals surface area (Å²) in [5, 5.41) is 0. The highest BCUT2D eigenvalue weighted by atomic mass is 15.0. The van der Waals surface area contributed by atoms with Crippen molar-refractivity contribution in [1.29, 1.82) is 0 Å². The van der Waals surface area contributed by atoms with Gasteiger partial charge in [-0.3, -0.25) is 0 Å². The first kappa shape index (κ1) is 16.0. The zero-order valence-corrected chi connectivity index (χ0v) is 15.6. The molecule has 0 N–H and O–H groups in total. The zero-order chi connectivity index (χ0) is 18.4. The summed E-state index contributed by atoms with van der Waals surface area (Å²) in [6.45, 7) is 2.17. The van der Waals surface area contributed by atoms with Crippen molar-refractivity contribution in [2.24, 2.45) is 7.05 Å². The van der Waals surface area contributed by atoms with Crippen LogP contribution >= 0.6 is 0 Å². The first-order valence-electron chi connectivity index (χ1n) is 9.33. The van der Waals surface area contributed by atoms with Gasteiger partial charge >= 0.3 is 0 Å². The van der Waals surface area contributed by atoms with E-state index in [-0.39, 0.29) is 0 Å². The van der Waals surface area contributed by atoms with Gasteiger partial charge in [-0.2, -0.15) is 0 Å². The van der Waals surface area contributed by atoms with Crippen LogP contribution in [0.25, 0.3) is 33.5 Å². The van der Waals surface area contributed by atoms with Gasteiger partial charge in [0.05, 0.1) is 7.05 Å². The van der Waals surface area contributed by atoms with Crippen LogP contribution in [0.15, 0.2) is 79.3 Å². The molecule has 0 aliphatic heterocycles. The summed E-state index contributed by atoms with van der Waals surface area (Å²) < 4.78 is 2.07. The van der Waals surface area contributed by atoms with Crippen LogP contribution in [-0.4, -0.2) is 4.98 Å². The quantitative estimate of drug-likeness (QED) is 0.404. The molecule has 1 aromatic heterocycles. The molecule has 27 heavy (non-hydrogen) atoms. The number of nitrogens with zero attached hydrogens (tertiary/aromatic N) is 2. The molecule has 5 rings (SSSR count). The fourth-order valence-electron chi connectivity index (χ4n) is 4.09. The Morgan fingerprint density at radius 3 is 2.37 bits per heavy atom. The molecule has 2 nitrogen and oxygen atoms in total. The minimum atomic E-state index is 1.04. The van der Waals surface area contributed by atoms with Crippen LogP contribution in [0.4, 0.5) is 0 Å². The third-order valence-electron chi connectivity index (χ3n) is 5.58. The van der Waals surface area contributed by atoms with E-state index in [0.29, 0.717) is 0 Å². The van der Waals surface area contributed by atoms with Crippen molar-refractivity contribution >= 4 is 0 Å². The van der Waals surface area contributed by atoms with Crippen molar-refractivity contribution in [3.05, 3.63) is 95.9 Å². The third-order valence-corrected chi connectivity index (χ3v) is 5.58. The molecule has 0 radical (unpaired) electrons. The Labute approximate surface area is 159 Å². The molecule has 0 bridgehead atoms. The Bertz CT molecular complexity index is 1170. The highest BCUT2D eigenvalue weighted by molar-refractivity contribution is 5.82. The zero-order valence-electron chi connectivity index (χ0n) is 15.6. The van der Waals surface area contributed by atoms with Crippen molar-refractivity contribution in [3.63, 3.8) is 0 Å². The minimum Gasteiger partial charge on any atom is -0.233 e. The average Bonchev–Trinajstić information content (AvgIpc) is 3.07. The van der Waals surface area contributed by atoms with E-state index in [1.165, 1.54) is 50.2 Å². The maximum absolute atomic E-state index is 4.20. The molecule has 0 atom stereocenters. The van der Waals surface area contributed by atoms with E-state index in [4.69, 9.17) is 0 Å². The van der Waals surface area contributed by atoms with Crippen molar-refractivity contribution in [3.8, 4) is 33.5 Å². The molecule has 0 amide bonds. The van der Waals surface area contributed by atoms with E-state index in [1.54, 1.807) is 0 Å². The van der Waals surface area contributed by atoms with Crippen LogP contribution in [-0.2, 0) is 13.5 Å². The number of hydrogen-bond acceptors (Lipinski definition) is 1. The largest absolute Gasteiger partial charge is 0.286 e. The van der Waals surface area contributed by atoms with Gasteiger partial charge in [0.15, 0.2) is 0 Å². The topological polar surface area (TPSA) is 16.8 Å². The van der Waals surface area contributed by atoms with E-state index in [9.17, 15) is 0 Å². The number of rotatable bonds is 2. The highest BCUT2D eigenvalue weighted by Gasteiger charge is 2.18. The first-order chi connectivity index (χ1) is 13.2. The SMILES string of the molecule is Cc1ccc(-c2ccc3c(c2)-c2ccccc2C3)cc1-c1ccnc[n+]1C. The van der Waals surface area contributed by atoms with Crippen LogP contribution < -0.4 is 4.57 Å². The molecule has 130 valence electrons. The lowest BCUT2D eigenvalue weighted by atomic mass is 9.95. The number of benzene rings is 3. The molecular weight excluding hydrogens is 328 g/mol. The van der Waals surface area contributed by atoms with Crippen LogP contribution in [0.1, 0.15) is 16.7 Å². The molecule has 3 aromatic carbocycles. The summed E-state index contributed by atoms with van der Waals surface area (Å²) in [6.07, 6.45) is 4.75. The van der Waals surface area contributed by atoms with E-state index >= 15 is 0 Å². The third kappa shape index (κ3) is 2.65. The van der Waals surface area contributed by atoms with Crippen LogP contribution in [0, 0.1) is 6.92 Å². The molecular formula is C25H21N2+. The highest BCUT2D eigenvalue weighted by Crippen LogP contribution is 2.39. The summed E-state index contributed by atoms with van der Waals surface area (Å²) in [4.78, 5) is 4.20. The molecule has 1 heterocycles.